The quantitative estimate of drug-likeness (QED) is 0.251. The van der Waals surface area contributed by atoms with E-state index in [2.05, 4.69) is 25.5 Å². The predicted octanol–water partition coefficient (Wildman–Crippen LogP) is -0.267. The van der Waals surface area contributed by atoms with E-state index in [-0.39, 0.29) is 23.8 Å². The standard InChI is InChI=1S/C17H26N8O3S/c1-2-11(15(19)26)22-12-8-21-14(16(20)27)17(23-12)24-13(29)7-10(18)9-25-3-5-28-6-4-25/h8,11,18H,2-7,9H2,1H3,(H2,19,26)(H2,20,27)(H2,22,23,24,29). The molecule has 0 saturated carbocycles. The van der Waals surface area contributed by atoms with Crippen LogP contribution < -0.4 is 22.1 Å². The van der Waals surface area contributed by atoms with Crippen LogP contribution in [0.5, 0.6) is 0 Å². The average molecular weight is 423 g/mol. The highest BCUT2D eigenvalue weighted by atomic mass is 32.1. The van der Waals surface area contributed by atoms with E-state index < -0.39 is 17.9 Å². The number of carbonyl (C=O) groups excluding carboxylic acids is 2. The Morgan fingerprint density at radius 1 is 1.38 bits per heavy atom. The summed E-state index contributed by atoms with van der Waals surface area (Å²) in [6.07, 6.45) is 1.94. The second-order valence-corrected chi connectivity index (χ2v) is 7.03. The summed E-state index contributed by atoms with van der Waals surface area (Å²) in [5.41, 5.74) is 11.0. The van der Waals surface area contributed by atoms with Crippen molar-refractivity contribution in [2.45, 2.75) is 25.8 Å². The number of amides is 2. The van der Waals surface area contributed by atoms with Crippen LogP contribution in [-0.4, -0.2) is 76.3 Å². The van der Waals surface area contributed by atoms with Crippen LogP contribution in [0.2, 0.25) is 0 Å². The Kier molecular flexibility index (Phi) is 8.36. The number of thiocarbonyl (C=S) groups is 1. The molecule has 1 saturated heterocycles. The van der Waals surface area contributed by atoms with Gasteiger partial charge in [-0.05, 0) is 6.42 Å². The minimum absolute atomic E-state index is 0.0611. The van der Waals surface area contributed by atoms with Crippen molar-refractivity contribution in [1.82, 2.24) is 14.9 Å². The molecule has 0 radical (unpaired) electrons. The first-order valence-corrected chi connectivity index (χ1v) is 9.60. The Hall–Kier alpha value is -2.70. The van der Waals surface area contributed by atoms with Gasteiger partial charge in [0, 0.05) is 31.8 Å². The van der Waals surface area contributed by atoms with Gasteiger partial charge in [-0.1, -0.05) is 19.1 Å². The highest BCUT2D eigenvalue weighted by Crippen LogP contribution is 2.15. The lowest BCUT2D eigenvalue weighted by molar-refractivity contribution is -0.118. The summed E-state index contributed by atoms with van der Waals surface area (Å²) < 4.78 is 5.29. The van der Waals surface area contributed by atoms with Gasteiger partial charge in [-0.25, -0.2) is 9.97 Å². The fraction of sp³-hybridized carbons (Fsp3) is 0.529. The Morgan fingerprint density at radius 2 is 2.07 bits per heavy atom. The summed E-state index contributed by atoms with van der Waals surface area (Å²) in [6, 6.07) is -0.634. The van der Waals surface area contributed by atoms with Crippen LogP contribution in [0, 0.1) is 5.41 Å². The average Bonchev–Trinajstić information content (AvgIpc) is 2.66. The minimum Gasteiger partial charge on any atom is -0.379 e. The van der Waals surface area contributed by atoms with Crippen molar-refractivity contribution in [3.8, 4) is 0 Å². The molecule has 0 aliphatic carbocycles. The molecule has 12 heteroatoms. The number of hydrogen-bond acceptors (Lipinski definition) is 9. The molecule has 7 N–H and O–H groups in total. The van der Waals surface area contributed by atoms with Crippen molar-refractivity contribution in [1.29, 1.82) is 5.41 Å². The summed E-state index contributed by atoms with van der Waals surface area (Å²) >= 11 is 5.31. The van der Waals surface area contributed by atoms with E-state index >= 15 is 0 Å². The Labute approximate surface area is 174 Å². The van der Waals surface area contributed by atoms with Crippen LogP contribution in [0.15, 0.2) is 6.20 Å². The van der Waals surface area contributed by atoms with Crippen LogP contribution in [0.25, 0.3) is 0 Å². The SMILES string of the molecule is CCC(Nc1cnc(C(N)=O)c(NC(=S)CC(=N)CN2CCOCC2)n1)C(N)=O. The Morgan fingerprint density at radius 3 is 2.66 bits per heavy atom. The molecule has 1 aliphatic rings. The van der Waals surface area contributed by atoms with Gasteiger partial charge in [-0.2, -0.15) is 0 Å². The second-order valence-electron chi connectivity index (χ2n) is 6.54. The fourth-order valence-corrected chi connectivity index (χ4v) is 3.01. The van der Waals surface area contributed by atoms with E-state index in [4.69, 9.17) is 33.8 Å². The molecule has 2 amide bonds. The number of nitrogens with zero attached hydrogens (tertiary/aromatic N) is 3. The van der Waals surface area contributed by atoms with Crippen LogP contribution in [0.4, 0.5) is 11.6 Å². The van der Waals surface area contributed by atoms with Gasteiger partial charge in [0.05, 0.1) is 24.4 Å². The lowest BCUT2D eigenvalue weighted by atomic mass is 10.2. The summed E-state index contributed by atoms with van der Waals surface area (Å²) in [6.45, 7) is 5.12. The number of hydrogen-bond donors (Lipinski definition) is 5. The number of carbonyl (C=O) groups is 2. The normalized spacial score (nSPS) is 15.3. The first-order chi connectivity index (χ1) is 13.8. The molecule has 2 rings (SSSR count). The van der Waals surface area contributed by atoms with Gasteiger partial charge in [0.25, 0.3) is 5.91 Å². The van der Waals surface area contributed by atoms with Gasteiger partial charge in [0.15, 0.2) is 11.5 Å². The summed E-state index contributed by atoms with van der Waals surface area (Å²) in [5, 5.41) is 13.9. The van der Waals surface area contributed by atoms with Crippen molar-refractivity contribution >= 4 is 46.4 Å². The fourth-order valence-electron chi connectivity index (χ4n) is 2.73. The van der Waals surface area contributed by atoms with Crippen molar-refractivity contribution in [3.63, 3.8) is 0 Å². The topological polar surface area (TPSA) is 172 Å². The number of morpholine rings is 1. The maximum absolute atomic E-state index is 11.7. The molecular formula is C17H26N8O3S. The molecule has 11 nitrogen and oxygen atoms in total. The molecule has 29 heavy (non-hydrogen) atoms. The van der Waals surface area contributed by atoms with Crippen molar-refractivity contribution in [2.24, 2.45) is 11.5 Å². The van der Waals surface area contributed by atoms with E-state index in [0.717, 1.165) is 13.1 Å². The number of nitrogens with one attached hydrogen (secondary N) is 3. The number of primary amides is 2. The third kappa shape index (κ3) is 7.00. The zero-order chi connectivity index (χ0) is 21.4. The smallest absolute Gasteiger partial charge is 0.271 e. The minimum atomic E-state index is -0.778. The number of rotatable bonds is 10. The molecular weight excluding hydrogens is 396 g/mol. The maximum atomic E-state index is 11.7. The molecule has 0 spiro atoms. The predicted molar refractivity (Wildman–Crippen MR) is 113 cm³/mol. The Bertz CT molecular complexity index is 782. The first-order valence-electron chi connectivity index (χ1n) is 9.19. The highest BCUT2D eigenvalue weighted by molar-refractivity contribution is 7.80. The summed E-state index contributed by atoms with van der Waals surface area (Å²) in [5.74, 6) is -1.00. The third-order valence-electron chi connectivity index (χ3n) is 4.23. The second kappa shape index (κ2) is 10.7. The van der Waals surface area contributed by atoms with Crippen LogP contribution in [-0.2, 0) is 9.53 Å². The molecule has 0 bridgehead atoms. The van der Waals surface area contributed by atoms with Gasteiger partial charge in [0.2, 0.25) is 5.91 Å². The summed E-state index contributed by atoms with van der Waals surface area (Å²) in [4.78, 5) is 33.8. The molecule has 1 aliphatic heterocycles. The lowest BCUT2D eigenvalue weighted by Crippen LogP contribution is -2.40. The number of ether oxygens (including phenoxy) is 1. The zero-order valence-electron chi connectivity index (χ0n) is 16.2. The van der Waals surface area contributed by atoms with Gasteiger partial charge < -0.3 is 32.2 Å². The van der Waals surface area contributed by atoms with Crippen molar-refractivity contribution in [3.05, 3.63) is 11.9 Å². The number of nitrogens with two attached hydrogens (primary N) is 2. The van der Waals surface area contributed by atoms with E-state index in [1.807, 2.05) is 0 Å². The zero-order valence-corrected chi connectivity index (χ0v) is 17.1. The van der Waals surface area contributed by atoms with Crippen LogP contribution >= 0.6 is 12.2 Å². The number of aromatic nitrogens is 2. The molecule has 158 valence electrons. The highest BCUT2D eigenvalue weighted by Gasteiger charge is 2.19. The molecule has 1 atom stereocenters. The van der Waals surface area contributed by atoms with E-state index in [9.17, 15) is 9.59 Å². The molecule has 2 heterocycles. The van der Waals surface area contributed by atoms with E-state index in [1.165, 1.54) is 6.20 Å². The first kappa shape index (κ1) is 22.6. The van der Waals surface area contributed by atoms with E-state index in [0.29, 0.717) is 36.9 Å². The lowest BCUT2D eigenvalue weighted by Gasteiger charge is -2.26. The Balaban J connectivity index is 2.05. The molecule has 1 unspecified atom stereocenters. The van der Waals surface area contributed by atoms with Gasteiger partial charge >= 0.3 is 0 Å². The third-order valence-corrected chi connectivity index (χ3v) is 4.48. The van der Waals surface area contributed by atoms with Gasteiger partial charge in [0.1, 0.15) is 11.9 Å². The number of anilines is 2. The molecule has 1 aromatic heterocycles. The monoisotopic (exact) mass is 422 g/mol. The van der Waals surface area contributed by atoms with Crippen molar-refractivity contribution < 1.29 is 14.3 Å². The molecule has 1 aromatic rings. The van der Waals surface area contributed by atoms with Crippen LogP contribution in [0.1, 0.15) is 30.3 Å². The summed E-state index contributed by atoms with van der Waals surface area (Å²) in [7, 11) is 0. The van der Waals surface area contributed by atoms with E-state index in [1.54, 1.807) is 6.92 Å². The molecule has 0 aromatic carbocycles. The van der Waals surface area contributed by atoms with Gasteiger partial charge in [-0.3, -0.25) is 14.5 Å². The van der Waals surface area contributed by atoms with Gasteiger partial charge in [-0.15, -0.1) is 0 Å². The largest absolute Gasteiger partial charge is 0.379 e. The van der Waals surface area contributed by atoms with Crippen LogP contribution in [0.3, 0.4) is 0 Å². The maximum Gasteiger partial charge on any atom is 0.271 e. The van der Waals surface area contributed by atoms with Crippen molar-refractivity contribution in [2.75, 3.05) is 43.5 Å². The molecule has 1 fully saturated rings.